The fourth-order valence-electron chi connectivity index (χ4n) is 2.88. The summed E-state index contributed by atoms with van der Waals surface area (Å²) in [7, 11) is 0. The largest absolute Gasteiger partial charge is 0.354 e. The molecule has 6 heteroatoms. The van der Waals surface area contributed by atoms with Gasteiger partial charge in [-0.1, -0.05) is 44.2 Å². The molecule has 0 fully saturated rings. The van der Waals surface area contributed by atoms with Crippen molar-refractivity contribution in [2.45, 2.75) is 26.3 Å². The summed E-state index contributed by atoms with van der Waals surface area (Å²) in [6.45, 7) is 6.98. The molecule has 1 unspecified atom stereocenters. The molecule has 1 atom stereocenters. The maximum Gasteiger partial charge on any atom is 0.252 e. The van der Waals surface area contributed by atoms with E-state index in [9.17, 15) is 9.59 Å². The van der Waals surface area contributed by atoms with Crippen LogP contribution in [0.4, 0.5) is 0 Å². The number of hydrogen-bond donors (Lipinski definition) is 2. The fraction of sp³-hybridized carbons (Fsp3) is 0.400. The summed E-state index contributed by atoms with van der Waals surface area (Å²) in [4.78, 5) is 26.4. The average Bonchev–Trinajstić information content (AvgIpc) is 3.20. The molecule has 2 amide bonds. The molecule has 0 saturated heterocycles. The minimum absolute atomic E-state index is 0.0521. The van der Waals surface area contributed by atoms with E-state index in [0.29, 0.717) is 18.7 Å². The van der Waals surface area contributed by atoms with Crippen molar-refractivity contribution in [3.8, 4) is 0 Å². The molecule has 26 heavy (non-hydrogen) atoms. The van der Waals surface area contributed by atoms with Crippen LogP contribution in [0.2, 0.25) is 0 Å². The van der Waals surface area contributed by atoms with Crippen molar-refractivity contribution in [1.29, 1.82) is 0 Å². The summed E-state index contributed by atoms with van der Waals surface area (Å²) in [5.74, 6) is -0.187. The molecule has 1 aromatic heterocycles. The highest BCUT2D eigenvalue weighted by Gasteiger charge is 2.18. The van der Waals surface area contributed by atoms with Gasteiger partial charge in [0.1, 0.15) is 0 Å². The van der Waals surface area contributed by atoms with Crippen molar-refractivity contribution in [3.05, 3.63) is 58.3 Å². The molecular weight excluding hydrogens is 346 g/mol. The Morgan fingerprint density at radius 3 is 2.42 bits per heavy atom. The van der Waals surface area contributed by atoms with Crippen molar-refractivity contribution < 1.29 is 9.59 Å². The molecule has 1 heterocycles. The summed E-state index contributed by atoms with van der Waals surface area (Å²) >= 11 is 1.48. The van der Waals surface area contributed by atoms with E-state index >= 15 is 0 Å². The standard InChI is InChI=1S/C20H27N3O2S/c1-3-23(4-2)18(16-8-6-5-7-9-16)14-22-19(24)10-12-21-20(25)17-11-13-26-15-17/h5-9,11,13,15,18H,3-4,10,12,14H2,1-2H3,(H,21,25)(H,22,24). The molecule has 0 aliphatic rings. The van der Waals surface area contributed by atoms with Gasteiger partial charge in [-0.2, -0.15) is 11.3 Å². The fourth-order valence-corrected chi connectivity index (χ4v) is 3.52. The third-order valence-electron chi connectivity index (χ3n) is 4.35. The second kappa shape index (κ2) is 10.7. The van der Waals surface area contributed by atoms with Crippen molar-refractivity contribution in [2.24, 2.45) is 0 Å². The number of amides is 2. The van der Waals surface area contributed by atoms with Gasteiger partial charge < -0.3 is 10.6 Å². The highest BCUT2D eigenvalue weighted by atomic mass is 32.1. The van der Waals surface area contributed by atoms with Gasteiger partial charge in [-0.05, 0) is 30.1 Å². The first-order valence-corrected chi connectivity index (χ1v) is 9.96. The van der Waals surface area contributed by atoms with Gasteiger partial charge in [0, 0.05) is 30.5 Å². The van der Waals surface area contributed by atoms with E-state index in [1.54, 1.807) is 11.4 Å². The van der Waals surface area contributed by atoms with Crippen LogP contribution in [0.15, 0.2) is 47.2 Å². The van der Waals surface area contributed by atoms with Gasteiger partial charge in [0.15, 0.2) is 0 Å². The lowest BCUT2D eigenvalue weighted by molar-refractivity contribution is -0.121. The van der Waals surface area contributed by atoms with Crippen LogP contribution in [0.5, 0.6) is 0 Å². The molecule has 2 rings (SSSR count). The quantitative estimate of drug-likeness (QED) is 0.673. The zero-order chi connectivity index (χ0) is 18.8. The first-order valence-electron chi connectivity index (χ1n) is 9.01. The van der Waals surface area contributed by atoms with Crippen molar-refractivity contribution in [2.75, 3.05) is 26.2 Å². The lowest BCUT2D eigenvalue weighted by Gasteiger charge is -2.30. The second-order valence-electron chi connectivity index (χ2n) is 5.97. The number of thiophene rings is 1. The van der Waals surface area contributed by atoms with E-state index in [2.05, 4.69) is 41.5 Å². The lowest BCUT2D eigenvalue weighted by atomic mass is 10.1. The van der Waals surface area contributed by atoms with Crippen LogP contribution in [-0.2, 0) is 4.79 Å². The zero-order valence-corrected chi connectivity index (χ0v) is 16.2. The van der Waals surface area contributed by atoms with Gasteiger partial charge in [-0.15, -0.1) is 0 Å². The van der Waals surface area contributed by atoms with E-state index in [1.807, 2.05) is 23.6 Å². The van der Waals surface area contributed by atoms with Gasteiger partial charge >= 0.3 is 0 Å². The first kappa shape index (κ1) is 20.1. The van der Waals surface area contributed by atoms with Crippen LogP contribution in [-0.4, -0.2) is 42.9 Å². The van der Waals surface area contributed by atoms with Crippen molar-refractivity contribution in [3.63, 3.8) is 0 Å². The predicted octanol–water partition coefficient (Wildman–Crippen LogP) is 3.07. The Balaban J connectivity index is 1.82. The molecule has 0 radical (unpaired) electrons. The molecule has 5 nitrogen and oxygen atoms in total. The van der Waals surface area contributed by atoms with Crippen LogP contribution in [0.3, 0.4) is 0 Å². The molecule has 140 valence electrons. The van der Waals surface area contributed by atoms with E-state index in [4.69, 9.17) is 0 Å². The topological polar surface area (TPSA) is 61.4 Å². The molecule has 0 spiro atoms. The molecular formula is C20H27N3O2S. The molecule has 1 aromatic carbocycles. The van der Waals surface area contributed by atoms with E-state index in [1.165, 1.54) is 16.9 Å². The number of carbonyl (C=O) groups excluding carboxylic acids is 2. The molecule has 0 saturated carbocycles. The molecule has 2 N–H and O–H groups in total. The van der Waals surface area contributed by atoms with Gasteiger partial charge in [-0.3, -0.25) is 14.5 Å². The number of nitrogens with zero attached hydrogens (tertiary/aromatic N) is 1. The summed E-state index contributed by atoms with van der Waals surface area (Å²) < 4.78 is 0. The smallest absolute Gasteiger partial charge is 0.252 e. The van der Waals surface area contributed by atoms with Gasteiger partial charge in [-0.25, -0.2) is 0 Å². The Labute approximate surface area is 159 Å². The van der Waals surface area contributed by atoms with Gasteiger partial charge in [0.2, 0.25) is 5.91 Å². The summed E-state index contributed by atoms with van der Waals surface area (Å²) in [5.41, 5.74) is 1.84. The zero-order valence-electron chi connectivity index (χ0n) is 15.4. The Morgan fingerprint density at radius 2 is 1.81 bits per heavy atom. The van der Waals surface area contributed by atoms with E-state index in [-0.39, 0.29) is 24.3 Å². The third-order valence-corrected chi connectivity index (χ3v) is 5.03. The molecule has 0 bridgehead atoms. The number of benzene rings is 1. The minimum atomic E-state index is -0.135. The number of carbonyl (C=O) groups is 2. The molecule has 2 aromatic rings. The summed E-state index contributed by atoms with van der Waals surface area (Å²) in [5, 5.41) is 9.44. The number of hydrogen-bond acceptors (Lipinski definition) is 4. The number of rotatable bonds is 10. The summed E-state index contributed by atoms with van der Waals surface area (Å²) in [6.07, 6.45) is 0.273. The Kier molecular flexibility index (Phi) is 8.31. The normalized spacial score (nSPS) is 12.0. The number of likely N-dealkylation sites (N-methyl/N-ethyl adjacent to an activating group) is 1. The highest BCUT2D eigenvalue weighted by molar-refractivity contribution is 7.08. The maximum absolute atomic E-state index is 12.2. The number of nitrogens with one attached hydrogen (secondary N) is 2. The van der Waals surface area contributed by atoms with Crippen molar-refractivity contribution in [1.82, 2.24) is 15.5 Å². The SMILES string of the molecule is CCN(CC)C(CNC(=O)CCNC(=O)c1ccsc1)c1ccccc1. The van der Waals surface area contributed by atoms with E-state index < -0.39 is 0 Å². The lowest BCUT2D eigenvalue weighted by Crippen LogP contribution is -2.39. The van der Waals surface area contributed by atoms with Crippen LogP contribution in [0.1, 0.15) is 42.2 Å². The van der Waals surface area contributed by atoms with Gasteiger partial charge in [0.25, 0.3) is 5.91 Å². The summed E-state index contributed by atoms with van der Waals surface area (Å²) in [6, 6.07) is 12.1. The van der Waals surface area contributed by atoms with Crippen molar-refractivity contribution >= 4 is 23.2 Å². The minimum Gasteiger partial charge on any atom is -0.354 e. The third kappa shape index (κ3) is 5.97. The van der Waals surface area contributed by atoms with Gasteiger partial charge in [0.05, 0.1) is 6.04 Å². The van der Waals surface area contributed by atoms with Crippen LogP contribution in [0.25, 0.3) is 0 Å². The Hall–Kier alpha value is -2.18. The van der Waals surface area contributed by atoms with Crippen LogP contribution < -0.4 is 10.6 Å². The molecule has 0 aliphatic carbocycles. The van der Waals surface area contributed by atoms with Crippen LogP contribution >= 0.6 is 11.3 Å². The van der Waals surface area contributed by atoms with Crippen LogP contribution in [0, 0.1) is 0 Å². The Morgan fingerprint density at radius 1 is 1.08 bits per heavy atom. The van der Waals surface area contributed by atoms with E-state index in [0.717, 1.165) is 13.1 Å². The maximum atomic E-state index is 12.2. The Bertz CT molecular complexity index is 670. The first-order chi connectivity index (χ1) is 12.7. The predicted molar refractivity (Wildman–Crippen MR) is 106 cm³/mol. The highest BCUT2D eigenvalue weighted by Crippen LogP contribution is 2.19. The average molecular weight is 374 g/mol. The monoisotopic (exact) mass is 373 g/mol. The molecule has 0 aliphatic heterocycles. The second-order valence-corrected chi connectivity index (χ2v) is 6.75.